The molecule has 3 atom stereocenters. The highest BCUT2D eigenvalue weighted by atomic mass is 16.6. The molecule has 4 heteroatoms. The molecular weight excluding hydrogens is 274 g/mol. The van der Waals surface area contributed by atoms with E-state index in [4.69, 9.17) is 9.82 Å². The molecule has 1 aliphatic heterocycles. The van der Waals surface area contributed by atoms with Gasteiger partial charge in [0.05, 0.1) is 22.7 Å². The van der Waals surface area contributed by atoms with Crippen molar-refractivity contribution < 1.29 is 4.84 Å². The first-order valence-electron chi connectivity index (χ1n) is 7.81. The Kier molecular flexibility index (Phi) is 3.77. The molecule has 3 rings (SSSR count). The van der Waals surface area contributed by atoms with Crippen molar-refractivity contribution >= 4 is 16.7 Å². The average molecular weight is 297 g/mol. The summed E-state index contributed by atoms with van der Waals surface area (Å²) in [6, 6.07) is 2.61. The Morgan fingerprint density at radius 1 is 1.45 bits per heavy atom. The molecule has 0 spiro atoms. The van der Waals surface area contributed by atoms with Crippen molar-refractivity contribution in [2.45, 2.75) is 52.2 Å². The SMILES string of the molecule is C=CCC(C)n1cc(C)c2ncc(C3C(C)=NOC3C)cc21. The fourth-order valence-corrected chi connectivity index (χ4v) is 3.33. The fourth-order valence-electron chi connectivity index (χ4n) is 3.33. The number of aryl methyl sites for hydroxylation is 1. The highest BCUT2D eigenvalue weighted by Crippen LogP contribution is 2.32. The van der Waals surface area contributed by atoms with E-state index in [9.17, 15) is 0 Å². The Balaban J connectivity index is 2.10. The first-order valence-corrected chi connectivity index (χ1v) is 7.81. The van der Waals surface area contributed by atoms with Crippen LogP contribution in [-0.4, -0.2) is 21.4 Å². The number of allylic oxidation sites excluding steroid dienone is 1. The maximum Gasteiger partial charge on any atom is 0.137 e. The molecule has 0 bridgehead atoms. The molecule has 2 aromatic heterocycles. The summed E-state index contributed by atoms with van der Waals surface area (Å²) in [5.74, 6) is 0.190. The van der Waals surface area contributed by atoms with Crippen LogP contribution in [-0.2, 0) is 4.84 Å². The van der Waals surface area contributed by atoms with Gasteiger partial charge < -0.3 is 9.40 Å². The molecule has 0 aromatic carbocycles. The largest absolute Gasteiger partial charge is 0.392 e. The molecule has 116 valence electrons. The molecule has 0 saturated heterocycles. The number of aromatic nitrogens is 2. The van der Waals surface area contributed by atoms with Gasteiger partial charge in [-0.1, -0.05) is 11.2 Å². The summed E-state index contributed by atoms with van der Waals surface area (Å²) in [6.45, 7) is 12.2. The summed E-state index contributed by atoms with van der Waals surface area (Å²) in [7, 11) is 0. The summed E-state index contributed by atoms with van der Waals surface area (Å²) >= 11 is 0. The van der Waals surface area contributed by atoms with Crippen LogP contribution in [0.3, 0.4) is 0 Å². The average Bonchev–Trinajstić information content (AvgIpc) is 2.99. The minimum absolute atomic E-state index is 0.0642. The van der Waals surface area contributed by atoms with Gasteiger partial charge >= 0.3 is 0 Å². The standard InChI is InChI=1S/C18H23N3O/c1-6-7-12(3)21-10-11(2)18-16(21)8-15(9-19-18)17-13(4)20-22-14(17)5/h6,8-10,12,14,17H,1,7H2,2-5H3. The topological polar surface area (TPSA) is 39.4 Å². The highest BCUT2D eigenvalue weighted by molar-refractivity contribution is 5.91. The Morgan fingerprint density at radius 2 is 2.23 bits per heavy atom. The van der Waals surface area contributed by atoms with Crippen molar-refractivity contribution in [3.8, 4) is 0 Å². The zero-order valence-electron chi connectivity index (χ0n) is 13.7. The molecule has 22 heavy (non-hydrogen) atoms. The van der Waals surface area contributed by atoms with E-state index in [0.717, 1.165) is 17.6 Å². The predicted octanol–water partition coefficient (Wildman–Crippen LogP) is 4.36. The third kappa shape index (κ3) is 2.32. The fraction of sp³-hybridized carbons (Fsp3) is 0.444. The van der Waals surface area contributed by atoms with Gasteiger partial charge in [-0.25, -0.2) is 0 Å². The van der Waals surface area contributed by atoms with Crippen LogP contribution in [0.4, 0.5) is 0 Å². The minimum atomic E-state index is 0.0642. The van der Waals surface area contributed by atoms with E-state index in [1.54, 1.807) is 0 Å². The number of fused-ring (bicyclic) bond motifs is 1. The smallest absolute Gasteiger partial charge is 0.137 e. The molecular formula is C18H23N3O. The third-order valence-electron chi connectivity index (χ3n) is 4.50. The van der Waals surface area contributed by atoms with Crippen LogP contribution >= 0.6 is 0 Å². The van der Waals surface area contributed by atoms with E-state index in [-0.39, 0.29) is 12.0 Å². The molecule has 0 aliphatic carbocycles. The van der Waals surface area contributed by atoms with Gasteiger partial charge in [0.25, 0.3) is 0 Å². The number of oxime groups is 1. The van der Waals surface area contributed by atoms with Crippen LogP contribution < -0.4 is 0 Å². The first-order chi connectivity index (χ1) is 10.5. The molecule has 0 amide bonds. The second kappa shape index (κ2) is 5.59. The first kappa shape index (κ1) is 14.8. The Hall–Kier alpha value is -2.10. The molecule has 3 unspecified atom stereocenters. The van der Waals surface area contributed by atoms with Crippen LogP contribution in [0.5, 0.6) is 0 Å². The van der Waals surface area contributed by atoms with E-state index in [0.29, 0.717) is 6.04 Å². The molecule has 0 saturated carbocycles. The van der Waals surface area contributed by atoms with Crippen LogP contribution in [0, 0.1) is 6.92 Å². The Morgan fingerprint density at radius 3 is 2.86 bits per heavy atom. The third-order valence-corrected chi connectivity index (χ3v) is 4.50. The summed E-state index contributed by atoms with van der Waals surface area (Å²) in [4.78, 5) is 10.1. The summed E-state index contributed by atoms with van der Waals surface area (Å²) in [6.07, 6.45) is 7.12. The van der Waals surface area contributed by atoms with Gasteiger partial charge in [-0.05, 0) is 51.3 Å². The summed E-state index contributed by atoms with van der Waals surface area (Å²) < 4.78 is 2.30. The van der Waals surface area contributed by atoms with E-state index in [2.05, 4.69) is 49.3 Å². The Labute approximate surface area is 131 Å². The number of nitrogens with zero attached hydrogens (tertiary/aromatic N) is 3. The zero-order valence-corrected chi connectivity index (χ0v) is 13.7. The van der Waals surface area contributed by atoms with Gasteiger partial charge in [0.2, 0.25) is 0 Å². The van der Waals surface area contributed by atoms with Gasteiger partial charge in [-0.3, -0.25) is 4.98 Å². The lowest BCUT2D eigenvalue weighted by Crippen LogP contribution is -2.17. The maximum absolute atomic E-state index is 5.41. The van der Waals surface area contributed by atoms with Crippen LogP contribution in [0.25, 0.3) is 11.0 Å². The second-order valence-electron chi connectivity index (χ2n) is 6.25. The molecule has 3 heterocycles. The summed E-state index contributed by atoms with van der Waals surface area (Å²) in [5, 5.41) is 4.12. The quantitative estimate of drug-likeness (QED) is 0.787. The van der Waals surface area contributed by atoms with Crippen molar-refractivity contribution in [1.29, 1.82) is 0 Å². The Bertz CT molecular complexity index is 744. The van der Waals surface area contributed by atoms with Crippen molar-refractivity contribution in [2.24, 2.45) is 5.16 Å². The van der Waals surface area contributed by atoms with Crippen molar-refractivity contribution in [3.63, 3.8) is 0 Å². The molecule has 0 N–H and O–H groups in total. The van der Waals surface area contributed by atoms with Crippen molar-refractivity contribution in [2.75, 3.05) is 0 Å². The normalized spacial score (nSPS) is 22.5. The van der Waals surface area contributed by atoms with Gasteiger partial charge in [0.15, 0.2) is 0 Å². The summed E-state index contributed by atoms with van der Waals surface area (Å²) in [5.41, 5.74) is 5.64. The van der Waals surface area contributed by atoms with E-state index < -0.39 is 0 Å². The molecule has 0 fully saturated rings. The van der Waals surface area contributed by atoms with E-state index >= 15 is 0 Å². The number of rotatable bonds is 4. The number of hydrogen-bond acceptors (Lipinski definition) is 3. The predicted molar refractivity (Wildman–Crippen MR) is 90.4 cm³/mol. The zero-order chi connectivity index (χ0) is 15.9. The van der Waals surface area contributed by atoms with Gasteiger partial charge in [0, 0.05) is 18.4 Å². The van der Waals surface area contributed by atoms with Crippen LogP contribution in [0.2, 0.25) is 0 Å². The van der Waals surface area contributed by atoms with E-state index in [1.165, 1.54) is 16.6 Å². The lowest BCUT2D eigenvalue weighted by atomic mass is 9.92. The number of pyridine rings is 1. The lowest BCUT2D eigenvalue weighted by Gasteiger charge is -2.16. The van der Waals surface area contributed by atoms with Gasteiger partial charge in [-0.2, -0.15) is 0 Å². The molecule has 0 radical (unpaired) electrons. The molecule has 1 aliphatic rings. The maximum atomic E-state index is 5.41. The minimum Gasteiger partial charge on any atom is -0.392 e. The van der Waals surface area contributed by atoms with Gasteiger partial charge in [-0.15, -0.1) is 6.58 Å². The van der Waals surface area contributed by atoms with E-state index in [1.807, 2.05) is 19.2 Å². The van der Waals surface area contributed by atoms with Crippen molar-refractivity contribution in [3.05, 3.63) is 42.2 Å². The van der Waals surface area contributed by atoms with Crippen molar-refractivity contribution in [1.82, 2.24) is 9.55 Å². The number of hydrogen-bond donors (Lipinski definition) is 0. The van der Waals surface area contributed by atoms with Gasteiger partial charge in [0.1, 0.15) is 6.10 Å². The molecule has 4 nitrogen and oxygen atoms in total. The second-order valence-corrected chi connectivity index (χ2v) is 6.25. The lowest BCUT2D eigenvalue weighted by molar-refractivity contribution is 0.0904. The van der Waals surface area contributed by atoms with Crippen LogP contribution in [0.15, 0.2) is 36.3 Å². The monoisotopic (exact) mass is 297 g/mol. The van der Waals surface area contributed by atoms with Crippen LogP contribution in [0.1, 0.15) is 50.3 Å². The highest BCUT2D eigenvalue weighted by Gasteiger charge is 2.30. The molecule has 2 aromatic rings.